The summed E-state index contributed by atoms with van der Waals surface area (Å²) in [5.41, 5.74) is 4.09. The lowest BCUT2D eigenvalue weighted by atomic mass is 9.96. The molecule has 0 aromatic heterocycles. The number of amides is 1. The third kappa shape index (κ3) is 6.63. The van der Waals surface area contributed by atoms with Crippen molar-refractivity contribution in [3.05, 3.63) is 59.7 Å². The van der Waals surface area contributed by atoms with Crippen LogP contribution in [0.4, 0.5) is 4.79 Å². The molecule has 36 heavy (non-hydrogen) atoms. The maximum absolute atomic E-state index is 12.5. The third-order valence-corrected chi connectivity index (χ3v) is 6.51. The fourth-order valence-corrected chi connectivity index (χ4v) is 4.61. The zero-order valence-corrected chi connectivity index (χ0v) is 20.9. The van der Waals surface area contributed by atoms with Crippen molar-refractivity contribution in [3.63, 3.8) is 0 Å². The first-order chi connectivity index (χ1) is 17.3. The molecule has 2 unspecified atom stereocenters. The highest BCUT2D eigenvalue weighted by atomic mass is 16.7. The highest BCUT2D eigenvalue weighted by Gasteiger charge is 2.30. The molecule has 8 heteroatoms. The molecular weight excluding hydrogens is 462 g/mol. The molecule has 8 nitrogen and oxygen atoms in total. The van der Waals surface area contributed by atoms with E-state index in [1.165, 1.54) is 0 Å². The molecule has 0 saturated carbocycles. The summed E-state index contributed by atoms with van der Waals surface area (Å²) in [4.78, 5) is 24.2. The van der Waals surface area contributed by atoms with Gasteiger partial charge >= 0.3 is 12.1 Å². The Kier molecular flexibility index (Phi) is 8.61. The zero-order valence-electron chi connectivity index (χ0n) is 20.9. The van der Waals surface area contributed by atoms with E-state index in [4.69, 9.17) is 18.9 Å². The summed E-state index contributed by atoms with van der Waals surface area (Å²) in [6, 6.07) is 14.8. The van der Waals surface area contributed by atoms with Crippen LogP contribution in [0.3, 0.4) is 0 Å². The van der Waals surface area contributed by atoms with E-state index in [2.05, 4.69) is 17.4 Å². The summed E-state index contributed by atoms with van der Waals surface area (Å²) in [7, 11) is 0. The largest absolute Gasteiger partial charge is 0.480 e. The summed E-state index contributed by atoms with van der Waals surface area (Å²) < 4.78 is 22.6. The van der Waals surface area contributed by atoms with E-state index in [0.29, 0.717) is 13.2 Å². The standard InChI is InChI=1S/C28H35NO7/c1-28(2,18-36-25-13-7-8-14-34-25)17-33-16-24(26(30)31)29-27(32)35-15-23-21-11-5-3-9-19(21)20-10-4-6-12-22(20)23/h3-6,9-12,23-25H,7-8,13-18H2,1-2H3,(H,29,32)(H,30,31). The van der Waals surface area contributed by atoms with Gasteiger partial charge in [0, 0.05) is 17.9 Å². The Morgan fingerprint density at radius 3 is 2.33 bits per heavy atom. The van der Waals surface area contributed by atoms with E-state index in [1.54, 1.807) is 0 Å². The number of nitrogens with one attached hydrogen (secondary N) is 1. The number of fused-ring (bicyclic) bond motifs is 3. The first kappa shape index (κ1) is 26.1. The second-order valence-electron chi connectivity index (χ2n) is 10.1. The Balaban J connectivity index is 1.25. The Hall–Kier alpha value is -2.94. The molecule has 2 aromatic rings. The van der Waals surface area contributed by atoms with Crippen molar-refractivity contribution in [1.29, 1.82) is 0 Å². The zero-order chi connectivity index (χ0) is 25.5. The predicted molar refractivity (Wildman–Crippen MR) is 134 cm³/mol. The minimum absolute atomic E-state index is 0.100. The molecule has 1 fully saturated rings. The van der Waals surface area contributed by atoms with Crippen molar-refractivity contribution in [2.45, 2.75) is 51.4 Å². The lowest BCUT2D eigenvalue weighted by molar-refractivity contribution is -0.180. The van der Waals surface area contributed by atoms with Gasteiger partial charge in [-0.15, -0.1) is 0 Å². The van der Waals surface area contributed by atoms with Crippen LogP contribution in [0.1, 0.15) is 50.2 Å². The van der Waals surface area contributed by atoms with Crippen LogP contribution in [0.15, 0.2) is 48.5 Å². The lowest BCUT2D eigenvalue weighted by Crippen LogP contribution is -2.45. The molecule has 1 aliphatic heterocycles. The van der Waals surface area contributed by atoms with E-state index in [1.807, 2.05) is 50.2 Å². The van der Waals surface area contributed by atoms with Crippen molar-refractivity contribution in [3.8, 4) is 11.1 Å². The Morgan fingerprint density at radius 1 is 1.06 bits per heavy atom. The molecule has 0 radical (unpaired) electrons. The normalized spacial score (nSPS) is 18.2. The van der Waals surface area contributed by atoms with Crippen molar-refractivity contribution in [2.24, 2.45) is 5.41 Å². The number of ether oxygens (including phenoxy) is 4. The Bertz CT molecular complexity index is 1000. The average Bonchev–Trinajstić information content (AvgIpc) is 3.20. The van der Waals surface area contributed by atoms with Crippen LogP contribution in [0.5, 0.6) is 0 Å². The maximum Gasteiger partial charge on any atom is 0.407 e. The summed E-state index contributed by atoms with van der Waals surface area (Å²) in [6.45, 7) is 5.30. The Labute approximate surface area is 211 Å². The van der Waals surface area contributed by atoms with Gasteiger partial charge in [-0.2, -0.15) is 0 Å². The summed E-state index contributed by atoms with van der Waals surface area (Å²) in [5, 5.41) is 12.0. The van der Waals surface area contributed by atoms with Gasteiger partial charge < -0.3 is 29.4 Å². The van der Waals surface area contributed by atoms with E-state index in [0.717, 1.165) is 41.5 Å². The third-order valence-electron chi connectivity index (χ3n) is 6.51. The van der Waals surface area contributed by atoms with Crippen LogP contribution in [-0.4, -0.2) is 62.5 Å². The second-order valence-corrected chi connectivity index (χ2v) is 10.1. The molecule has 2 aromatic carbocycles. The van der Waals surface area contributed by atoms with E-state index in [9.17, 15) is 14.7 Å². The van der Waals surface area contributed by atoms with Crippen LogP contribution in [0, 0.1) is 5.41 Å². The molecule has 0 bridgehead atoms. The predicted octanol–water partition coefficient (Wildman–Crippen LogP) is 4.56. The molecule has 1 saturated heterocycles. The number of aliphatic carboxylic acids is 1. The van der Waals surface area contributed by atoms with Crippen molar-refractivity contribution in [1.82, 2.24) is 5.32 Å². The van der Waals surface area contributed by atoms with Gasteiger partial charge in [-0.3, -0.25) is 0 Å². The van der Waals surface area contributed by atoms with Gasteiger partial charge in [0.15, 0.2) is 12.3 Å². The molecule has 1 heterocycles. The summed E-state index contributed by atoms with van der Waals surface area (Å²) >= 11 is 0. The molecule has 4 rings (SSSR count). The first-order valence-electron chi connectivity index (χ1n) is 12.5. The highest BCUT2D eigenvalue weighted by molar-refractivity contribution is 5.81. The molecular formula is C28H35NO7. The number of carboxylic acids is 1. The molecule has 194 valence electrons. The molecule has 2 aliphatic rings. The average molecular weight is 498 g/mol. The number of benzene rings is 2. The van der Waals surface area contributed by atoms with E-state index >= 15 is 0 Å². The summed E-state index contributed by atoms with van der Waals surface area (Å²) in [6.07, 6.45) is 2.04. The number of hydrogen-bond acceptors (Lipinski definition) is 6. The van der Waals surface area contributed by atoms with Gasteiger partial charge in [-0.05, 0) is 41.5 Å². The number of carbonyl (C=O) groups is 2. The quantitative estimate of drug-likeness (QED) is 0.469. The van der Waals surface area contributed by atoms with E-state index < -0.39 is 18.1 Å². The molecule has 1 amide bonds. The monoisotopic (exact) mass is 497 g/mol. The highest BCUT2D eigenvalue weighted by Crippen LogP contribution is 2.44. The van der Waals surface area contributed by atoms with Gasteiger partial charge in [0.25, 0.3) is 0 Å². The van der Waals surface area contributed by atoms with Gasteiger partial charge in [-0.1, -0.05) is 62.4 Å². The second kappa shape index (κ2) is 11.9. The van der Waals surface area contributed by atoms with Gasteiger partial charge in [0.1, 0.15) is 6.61 Å². The smallest absolute Gasteiger partial charge is 0.407 e. The van der Waals surface area contributed by atoms with Crippen molar-refractivity contribution >= 4 is 12.1 Å². The van der Waals surface area contributed by atoms with Gasteiger partial charge in [0.05, 0.1) is 19.8 Å². The van der Waals surface area contributed by atoms with Gasteiger partial charge in [-0.25, -0.2) is 9.59 Å². The van der Waals surface area contributed by atoms with Gasteiger partial charge in [0.2, 0.25) is 0 Å². The van der Waals surface area contributed by atoms with E-state index in [-0.39, 0.29) is 37.4 Å². The number of carboxylic acid groups (broad SMARTS) is 1. The van der Waals surface area contributed by atoms with Crippen molar-refractivity contribution in [2.75, 3.05) is 33.0 Å². The topological polar surface area (TPSA) is 103 Å². The van der Waals surface area contributed by atoms with Crippen LogP contribution in [0.25, 0.3) is 11.1 Å². The molecule has 1 aliphatic carbocycles. The minimum Gasteiger partial charge on any atom is -0.480 e. The number of alkyl carbamates (subject to hydrolysis) is 1. The SMILES string of the molecule is CC(C)(COCC(NC(=O)OCC1c2ccccc2-c2ccccc21)C(=O)O)COC1CCCCO1. The Morgan fingerprint density at radius 2 is 1.72 bits per heavy atom. The number of hydrogen-bond donors (Lipinski definition) is 2. The fourth-order valence-electron chi connectivity index (χ4n) is 4.61. The van der Waals surface area contributed by atoms with Crippen LogP contribution >= 0.6 is 0 Å². The molecule has 0 spiro atoms. The molecule has 2 atom stereocenters. The fraction of sp³-hybridized carbons (Fsp3) is 0.500. The van der Waals surface area contributed by atoms with Crippen LogP contribution in [0.2, 0.25) is 0 Å². The minimum atomic E-state index is -1.22. The maximum atomic E-state index is 12.5. The molecule has 2 N–H and O–H groups in total. The van der Waals surface area contributed by atoms with Crippen LogP contribution < -0.4 is 5.32 Å². The van der Waals surface area contributed by atoms with Crippen LogP contribution in [-0.2, 0) is 23.7 Å². The number of carbonyl (C=O) groups excluding carboxylic acids is 1. The summed E-state index contributed by atoms with van der Waals surface area (Å²) in [5.74, 6) is -1.29. The first-order valence-corrected chi connectivity index (χ1v) is 12.5. The van der Waals surface area contributed by atoms with Crippen molar-refractivity contribution < 1.29 is 33.6 Å². The number of rotatable bonds is 11. The lowest BCUT2D eigenvalue weighted by Gasteiger charge is -2.29.